The fourth-order valence-electron chi connectivity index (χ4n) is 5.35. The van der Waals surface area contributed by atoms with E-state index >= 15 is 0 Å². The van der Waals surface area contributed by atoms with Crippen molar-refractivity contribution < 1.29 is 4.92 Å². The fraction of sp³-hybridized carbons (Fsp3) is 0.211. The van der Waals surface area contributed by atoms with Gasteiger partial charge in [0, 0.05) is 55.9 Å². The molecule has 1 saturated heterocycles. The summed E-state index contributed by atoms with van der Waals surface area (Å²) in [5.41, 5.74) is 4.96. The maximum atomic E-state index is 12.1. The van der Waals surface area contributed by atoms with E-state index in [4.69, 9.17) is 0 Å². The third-order valence-electron chi connectivity index (χ3n) is 8.18. The Labute approximate surface area is 307 Å². The number of aryl methyl sites for hydroxylation is 3. The zero-order chi connectivity index (χ0) is 37.2. The minimum atomic E-state index is -0.428. The molecule has 4 aromatic heterocycles. The molecule has 15 nitrogen and oxygen atoms in total. The zero-order valence-corrected chi connectivity index (χ0v) is 30.0. The number of H-pyrrole nitrogens is 2. The average Bonchev–Trinajstić information content (AvgIpc) is 3.77. The molecule has 5 heterocycles. The topological polar surface area (TPSA) is 183 Å². The number of piperazine rings is 1. The van der Waals surface area contributed by atoms with E-state index in [0.29, 0.717) is 42.2 Å². The van der Waals surface area contributed by atoms with E-state index < -0.39 is 4.92 Å². The van der Waals surface area contributed by atoms with Gasteiger partial charge in [0.1, 0.15) is 5.82 Å². The molecule has 6 aromatic rings. The molecule has 0 unspecified atom stereocenters. The normalized spacial score (nSPS) is 13.2. The first-order chi connectivity index (χ1) is 25.7. The summed E-state index contributed by atoms with van der Waals surface area (Å²) in [6.07, 6.45) is 9.26. The summed E-state index contributed by atoms with van der Waals surface area (Å²) in [6.45, 7) is 8.75. The second-order valence-electron chi connectivity index (χ2n) is 12.6. The molecule has 0 amide bonds. The number of aromatic nitrogens is 8. The predicted octanol–water partition coefficient (Wildman–Crippen LogP) is 6.81. The zero-order valence-electron chi connectivity index (χ0n) is 30.0. The molecule has 270 valence electrons. The van der Waals surface area contributed by atoms with Gasteiger partial charge >= 0.3 is 5.69 Å². The lowest BCUT2D eigenvalue weighted by Crippen LogP contribution is -2.45. The number of rotatable bonds is 10. The van der Waals surface area contributed by atoms with Crippen LogP contribution < -0.4 is 15.5 Å². The van der Waals surface area contributed by atoms with E-state index in [-0.39, 0.29) is 11.5 Å². The van der Waals surface area contributed by atoms with Gasteiger partial charge in [-0.15, -0.1) is 0 Å². The molecule has 1 aliphatic rings. The lowest BCUT2D eigenvalue weighted by atomic mass is 10.1. The number of nitro groups is 1. The first-order valence-electron chi connectivity index (χ1n) is 17.1. The van der Waals surface area contributed by atoms with Crippen LogP contribution >= 0.6 is 0 Å². The fourth-order valence-corrected chi connectivity index (χ4v) is 5.35. The minimum absolute atomic E-state index is 0.119. The van der Waals surface area contributed by atoms with Crippen LogP contribution in [0.4, 0.5) is 34.8 Å². The van der Waals surface area contributed by atoms with E-state index in [0.717, 1.165) is 41.4 Å². The van der Waals surface area contributed by atoms with Crippen molar-refractivity contribution in [3.63, 3.8) is 0 Å². The number of hydrogen-bond donors (Lipinski definition) is 4. The van der Waals surface area contributed by atoms with E-state index in [1.807, 2.05) is 118 Å². The lowest BCUT2D eigenvalue weighted by Gasteiger charge is -2.33. The Morgan fingerprint density at radius 1 is 0.717 bits per heavy atom. The highest BCUT2D eigenvalue weighted by atomic mass is 16.6. The van der Waals surface area contributed by atoms with E-state index in [2.05, 4.69) is 55.9 Å². The number of anilines is 5. The van der Waals surface area contributed by atoms with Gasteiger partial charge in [-0.2, -0.15) is 10.2 Å². The molecule has 4 N–H and O–H groups in total. The summed E-state index contributed by atoms with van der Waals surface area (Å²) in [7, 11) is 2.04. The third kappa shape index (κ3) is 10.2. The maximum Gasteiger partial charge on any atom is 0.353 e. The molecule has 1 aliphatic heterocycles. The largest absolute Gasteiger partial charge is 0.353 e. The Bertz CT molecular complexity index is 2190. The van der Waals surface area contributed by atoms with Crippen molar-refractivity contribution >= 4 is 59.1 Å². The first-order valence-corrected chi connectivity index (χ1v) is 17.1. The van der Waals surface area contributed by atoms with Crippen LogP contribution in [0.2, 0.25) is 0 Å². The Hall–Kier alpha value is -6.74. The highest BCUT2D eigenvalue weighted by Crippen LogP contribution is 2.35. The molecular formula is C38H41N13O2. The second kappa shape index (κ2) is 17.0. The molecule has 2 aromatic carbocycles. The summed E-state index contributed by atoms with van der Waals surface area (Å²) in [5.74, 6) is 3.39. The van der Waals surface area contributed by atoms with Crippen molar-refractivity contribution in [2.75, 3.05) is 48.8 Å². The summed E-state index contributed by atoms with van der Waals surface area (Å²) < 4.78 is 0. The van der Waals surface area contributed by atoms with Crippen molar-refractivity contribution in [2.45, 2.75) is 20.8 Å². The number of nitrogens with zero attached hydrogens (tertiary/aromatic N) is 9. The van der Waals surface area contributed by atoms with Gasteiger partial charge in [-0.25, -0.2) is 19.9 Å². The third-order valence-corrected chi connectivity index (χ3v) is 8.18. The van der Waals surface area contributed by atoms with Crippen molar-refractivity contribution in [2.24, 2.45) is 0 Å². The number of hydrogen-bond acceptors (Lipinski definition) is 12. The molecule has 0 saturated carbocycles. The van der Waals surface area contributed by atoms with Gasteiger partial charge in [0.05, 0.1) is 4.92 Å². The van der Waals surface area contributed by atoms with Crippen molar-refractivity contribution in [1.82, 2.24) is 45.2 Å². The van der Waals surface area contributed by atoms with Crippen LogP contribution in [0.1, 0.15) is 39.7 Å². The molecule has 7 rings (SSSR count). The van der Waals surface area contributed by atoms with Crippen molar-refractivity contribution in [3.8, 4) is 0 Å². The Kier molecular flexibility index (Phi) is 11.6. The van der Waals surface area contributed by atoms with E-state index in [1.54, 1.807) is 18.3 Å². The molecule has 0 bridgehead atoms. The minimum Gasteiger partial charge on any atom is -0.348 e. The van der Waals surface area contributed by atoms with Crippen LogP contribution in [0, 0.1) is 30.9 Å². The highest BCUT2D eigenvalue weighted by molar-refractivity contribution is 5.77. The summed E-state index contributed by atoms with van der Waals surface area (Å²) in [4.78, 5) is 33.5. The van der Waals surface area contributed by atoms with E-state index in [1.165, 1.54) is 5.56 Å². The van der Waals surface area contributed by atoms with Crippen LogP contribution in [-0.4, -0.2) is 83.4 Å². The van der Waals surface area contributed by atoms with Crippen LogP contribution in [0.3, 0.4) is 0 Å². The van der Waals surface area contributed by atoms with Gasteiger partial charge in [-0.3, -0.25) is 20.3 Å². The lowest BCUT2D eigenvalue weighted by molar-refractivity contribution is -0.383. The summed E-state index contributed by atoms with van der Waals surface area (Å²) in [6, 6.07) is 23.6. The van der Waals surface area contributed by atoms with Crippen LogP contribution in [0.25, 0.3) is 24.3 Å². The Morgan fingerprint density at radius 2 is 1.34 bits per heavy atom. The smallest absolute Gasteiger partial charge is 0.348 e. The van der Waals surface area contributed by atoms with E-state index in [9.17, 15) is 10.1 Å². The number of benzene rings is 2. The highest BCUT2D eigenvalue weighted by Gasteiger charge is 2.30. The number of aromatic amines is 2. The quantitative estimate of drug-likeness (QED) is 0.0861. The molecule has 0 atom stereocenters. The Morgan fingerprint density at radius 3 is 1.96 bits per heavy atom. The van der Waals surface area contributed by atoms with Gasteiger partial charge in [0.2, 0.25) is 11.6 Å². The van der Waals surface area contributed by atoms with Crippen molar-refractivity contribution in [3.05, 3.63) is 129 Å². The monoisotopic (exact) mass is 711 g/mol. The Balaban J connectivity index is 0.000000198. The van der Waals surface area contributed by atoms with Gasteiger partial charge in [-0.1, -0.05) is 72.3 Å². The molecule has 0 aliphatic carbocycles. The molecule has 0 spiro atoms. The SMILES string of the molecule is Cc1cc(Nc2ccnc(/C=C/c3ccccc3)n2)n[nH]1.Cc1ccc(/C=C/c2nc(Nc3cc(C)[nH]n3)c([N+](=O)[O-])c(N3CCN(C)CC3)n2)cc1. The molecular weight excluding hydrogens is 671 g/mol. The second-order valence-corrected chi connectivity index (χ2v) is 12.6. The van der Waals surface area contributed by atoms with Gasteiger partial charge in [0.15, 0.2) is 23.3 Å². The predicted molar refractivity (Wildman–Crippen MR) is 209 cm³/mol. The standard InChI is InChI=1S/C22H26N8O2.C16H15N5/c1-15-4-6-17(7-5-15)8-9-18-23-21(24-19-14-16(2)26-27-19)20(30(31)32)22(25-18)29-12-10-28(3)11-13-29;1-12-11-16(21-20-12)19-15-9-10-17-14(18-15)8-7-13-5-3-2-4-6-13/h4-9,14H,10-13H2,1-3H3,(H2,23,24,25,26,27);2-11H,1H3,(H2,17,18,19,20,21)/b9-8+;8-7+. The van der Waals surface area contributed by atoms with Gasteiger partial charge in [-0.05, 0) is 57.2 Å². The first kappa shape index (κ1) is 36.1. The van der Waals surface area contributed by atoms with Gasteiger partial charge < -0.3 is 20.4 Å². The van der Waals surface area contributed by atoms with Crippen LogP contribution in [0.15, 0.2) is 79.0 Å². The average molecular weight is 712 g/mol. The molecule has 0 radical (unpaired) electrons. The van der Waals surface area contributed by atoms with Crippen molar-refractivity contribution in [1.29, 1.82) is 0 Å². The molecule has 1 fully saturated rings. The molecule has 53 heavy (non-hydrogen) atoms. The summed E-state index contributed by atoms with van der Waals surface area (Å²) >= 11 is 0. The number of nitrogens with one attached hydrogen (secondary N) is 4. The van der Waals surface area contributed by atoms with Crippen LogP contribution in [0.5, 0.6) is 0 Å². The van der Waals surface area contributed by atoms with Gasteiger partial charge in [0.25, 0.3) is 0 Å². The maximum absolute atomic E-state index is 12.1. The van der Waals surface area contributed by atoms with Crippen LogP contribution in [-0.2, 0) is 0 Å². The summed E-state index contributed by atoms with van der Waals surface area (Å²) in [5, 5.41) is 32.2. The number of likely N-dealkylation sites (N-methyl/N-ethyl adjacent to an activating group) is 1. The molecule has 15 heteroatoms.